The number of Topliss-reactive ketones (excluding diaryl/α,β-unsaturated/α-hetero) is 1. The van der Waals surface area contributed by atoms with Gasteiger partial charge in [-0.25, -0.2) is 19.7 Å². The van der Waals surface area contributed by atoms with Crippen molar-refractivity contribution in [1.82, 2.24) is 24.5 Å². The van der Waals surface area contributed by atoms with Crippen LogP contribution in [-0.4, -0.2) is 63.6 Å². The largest absolute Gasteiger partial charge is 0.490 e. The zero-order valence-corrected chi connectivity index (χ0v) is 24.1. The summed E-state index contributed by atoms with van der Waals surface area (Å²) in [7, 11) is 3.21. The van der Waals surface area contributed by atoms with E-state index in [2.05, 4.69) is 20.3 Å². The fourth-order valence-electron chi connectivity index (χ4n) is 5.23. The number of hydrogen-bond donors (Lipinski definition) is 1. The van der Waals surface area contributed by atoms with E-state index in [1.165, 1.54) is 20.2 Å². The Kier molecular flexibility index (Phi) is 8.41. The second-order valence-corrected chi connectivity index (χ2v) is 10.3. The van der Waals surface area contributed by atoms with Gasteiger partial charge in [0.15, 0.2) is 5.78 Å². The Morgan fingerprint density at radius 3 is 2.50 bits per heavy atom. The summed E-state index contributed by atoms with van der Waals surface area (Å²) in [6.45, 7) is 4.14. The second kappa shape index (κ2) is 12.3. The lowest BCUT2D eigenvalue weighted by Gasteiger charge is -2.19. The topological polar surface area (TPSA) is 141 Å². The highest BCUT2D eigenvalue weighted by Gasteiger charge is 2.26. The van der Waals surface area contributed by atoms with Crippen LogP contribution in [0.2, 0.25) is 0 Å². The third-order valence-corrected chi connectivity index (χ3v) is 7.48. The zero-order valence-electron chi connectivity index (χ0n) is 24.1. The molecule has 4 aromatic heterocycles. The second-order valence-electron chi connectivity index (χ2n) is 10.3. The third kappa shape index (κ3) is 5.92. The maximum atomic E-state index is 13.4. The molecule has 0 spiro atoms. The van der Waals surface area contributed by atoms with Gasteiger partial charge in [-0.3, -0.25) is 14.2 Å². The number of ether oxygens (including phenoxy) is 2. The highest BCUT2D eigenvalue weighted by molar-refractivity contribution is 5.99. The van der Waals surface area contributed by atoms with E-state index in [9.17, 15) is 14.4 Å². The minimum absolute atomic E-state index is 0.00468. The summed E-state index contributed by atoms with van der Waals surface area (Å²) in [6.07, 6.45) is 8.55. The van der Waals surface area contributed by atoms with E-state index in [4.69, 9.17) is 14.5 Å². The first kappa shape index (κ1) is 28.7. The SMILES string of the molecule is COC(=O)c1ccc(N(C)CCOc2ccc(Nc3ncc4c(C)c(C(C)=O)c(=O)n(C5CCCC5)c4n3)nc2)nc1. The summed E-state index contributed by atoms with van der Waals surface area (Å²) in [6, 6.07) is 6.97. The van der Waals surface area contributed by atoms with Crippen LogP contribution in [0.4, 0.5) is 17.6 Å². The van der Waals surface area contributed by atoms with E-state index in [0.29, 0.717) is 58.6 Å². The standard InChI is InChI=1S/C30H33N7O5/c1-18-23-17-33-30(35-27(23)37(21-7-5-6-8-21)28(39)26(18)19(2)38)34-24-11-10-22(16-31-24)42-14-13-36(3)25-12-9-20(15-32-25)29(40)41-4/h9-12,15-17,21H,5-8,13-14H2,1-4H3,(H,31,33,34,35). The molecule has 12 heteroatoms. The van der Waals surface area contributed by atoms with E-state index >= 15 is 0 Å². The van der Waals surface area contributed by atoms with Gasteiger partial charge in [0.05, 0.1) is 31.0 Å². The number of nitrogens with zero attached hydrogens (tertiary/aromatic N) is 6. The van der Waals surface area contributed by atoms with Gasteiger partial charge in [0.25, 0.3) is 5.56 Å². The number of aromatic nitrogens is 5. The number of pyridine rings is 3. The number of fused-ring (bicyclic) bond motifs is 1. The maximum absolute atomic E-state index is 13.4. The number of nitrogens with one attached hydrogen (secondary N) is 1. The summed E-state index contributed by atoms with van der Waals surface area (Å²) in [5.41, 5.74) is 1.42. The highest BCUT2D eigenvalue weighted by Crippen LogP contribution is 2.32. The highest BCUT2D eigenvalue weighted by atomic mass is 16.5. The molecule has 0 aromatic carbocycles. The van der Waals surface area contributed by atoms with Crippen LogP contribution >= 0.6 is 0 Å². The summed E-state index contributed by atoms with van der Waals surface area (Å²) in [4.78, 5) is 57.1. The van der Waals surface area contributed by atoms with Crippen molar-refractivity contribution in [3.8, 4) is 5.75 Å². The summed E-state index contributed by atoms with van der Waals surface area (Å²) >= 11 is 0. The molecule has 1 fully saturated rings. The molecule has 0 atom stereocenters. The summed E-state index contributed by atoms with van der Waals surface area (Å²) in [5, 5.41) is 3.80. The van der Waals surface area contributed by atoms with Gasteiger partial charge in [-0.1, -0.05) is 12.8 Å². The number of aryl methyl sites for hydroxylation is 1. The van der Waals surface area contributed by atoms with Crippen molar-refractivity contribution in [2.45, 2.75) is 45.6 Å². The lowest BCUT2D eigenvalue weighted by Crippen LogP contribution is -2.30. The fourth-order valence-corrected chi connectivity index (χ4v) is 5.23. The molecule has 0 bridgehead atoms. The molecule has 1 N–H and O–H groups in total. The Morgan fingerprint density at radius 1 is 1.07 bits per heavy atom. The molecule has 218 valence electrons. The molecule has 0 radical (unpaired) electrons. The van der Waals surface area contributed by atoms with Gasteiger partial charge < -0.3 is 19.7 Å². The molecule has 1 aliphatic carbocycles. The van der Waals surface area contributed by atoms with Crippen molar-refractivity contribution in [3.05, 3.63) is 69.9 Å². The monoisotopic (exact) mass is 571 g/mol. The molecular weight excluding hydrogens is 538 g/mol. The van der Waals surface area contributed by atoms with Crippen molar-refractivity contribution in [2.75, 3.05) is 37.5 Å². The van der Waals surface area contributed by atoms with Crippen LogP contribution in [0.3, 0.4) is 0 Å². The molecule has 42 heavy (non-hydrogen) atoms. The number of likely N-dealkylation sites (N-methyl/N-ethyl adjacent to an activating group) is 1. The first-order valence-electron chi connectivity index (χ1n) is 13.8. The smallest absolute Gasteiger partial charge is 0.339 e. The molecule has 0 aliphatic heterocycles. The molecule has 1 saturated carbocycles. The van der Waals surface area contributed by atoms with Crippen molar-refractivity contribution < 1.29 is 19.1 Å². The predicted molar refractivity (Wildman–Crippen MR) is 158 cm³/mol. The zero-order chi connectivity index (χ0) is 29.8. The molecule has 12 nitrogen and oxygen atoms in total. The molecule has 4 heterocycles. The molecule has 0 saturated heterocycles. The van der Waals surface area contributed by atoms with Gasteiger partial charge in [0.2, 0.25) is 5.95 Å². The van der Waals surface area contributed by atoms with Gasteiger partial charge >= 0.3 is 5.97 Å². The quantitative estimate of drug-likeness (QED) is 0.216. The van der Waals surface area contributed by atoms with Gasteiger partial charge in [-0.15, -0.1) is 0 Å². The van der Waals surface area contributed by atoms with Gasteiger partial charge in [0.1, 0.15) is 29.6 Å². The number of ketones is 1. The number of hydrogen-bond acceptors (Lipinski definition) is 11. The van der Waals surface area contributed by atoms with Crippen LogP contribution in [0.25, 0.3) is 11.0 Å². The number of anilines is 3. The van der Waals surface area contributed by atoms with Crippen LogP contribution < -0.4 is 20.5 Å². The first-order valence-corrected chi connectivity index (χ1v) is 13.8. The lowest BCUT2D eigenvalue weighted by atomic mass is 10.0. The van der Waals surface area contributed by atoms with Gasteiger partial charge in [-0.2, -0.15) is 4.98 Å². The minimum atomic E-state index is -0.430. The normalized spacial score (nSPS) is 13.2. The van der Waals surface area contributed by atoms with Gasteiger partial charge in [0, 0.05) is 30.9 Å². The molecule has 4 aromatic rings. The summed E-state index contributed by atoms with van der Waals surface area (Å²) < 4.78 is 12.2. The van der Waals surface area contributed by atoms with Crippen molar-refractivity contribution in [3.63, 3.8) is 0 Å². The van der Waals surface area contributed by atoms with E-state index in [1.54, 1.807) is 48.1 Å². The Balaban J connectivity index is 1.26. The average Bonchev–Trinajstić information content (AvgIpc) is 3.52. The van der Waals surface area contributed by atoms with E-state index in [-0.39, 0.29) is 22.9 Å². The van der Waals surface area contributed by atoms with E-state index < -0.39 is 5.97 Å². The molecule has 0 amide bonds. The number of rotatable bonds is 10. The maximum Gasteiger partial charge on any atom is 0.339 e. The van der Waals surface area contributed by atoms with Crippen LogP contribution in [0.5, 0.6) is 5.75 Å². The predicted octanol–water partition coefficient (Wildman–Crippen LogP) is 4.25. The molecule has 0 unspecified atom stereocenters. The first-order chi connectivity index (χ1) is 20.3. The third-order valence-electron chi connectivity index (χ3n) is 7.48. The Morgan fingerprint density at radius 2 is 1.86 bits per heavy atom. The van der Waals surface area contributed by atoms with Gasteiger partial charge in [-0.05, 0) is 56.5 Å². The van der Waals surface area contributed by atoms with Crippen LogP contribution in [-0.2, 0) is 4.74 Å². The lowest BCUT2D eigenvalue weighted by molar-refractivity contribution is 0.0600. The van der Waals surface area contributed by atoms with Crippen LogP contribution in [0.1, 0.15) is 64.9 Å². The van der Waals surface area contributed by atoms with Crippen LogP contribution in [0.15, 0.2) is 47.7 Å². The van der Waals surface area contributed by atoms with Crippen molar-refractivity contribution >= 4 is 40.4 Å². The number of carbonyl (C=O) groups excluding carboxylic acids is 2. The fraction of sp³-hybridized carbons (Fsp3) is 0.367. The van der Waals surface area contributed by atoms with Crippen LogP contribution in [0, 0.1) is 6.92 Å². The number of carbonyl (C=O) groups is 2. The molecule has 5 rings (SSSR count). The van der Waals surface area contributed by atoms with Crippen molar-refractivity contribution in [1.29, 1.82) is 0 Å². The molecular formula is C30H33N7O5. The molecule has 1 aliphatic rings. The number of esters is 1. The average molecular weight is 572 g/mol. The van der Waals surface area contributed by atoms with Crippen molar-refractivity contribution in [2.24, 2.45) is 0 Å². The Hall–Kier alpha value is -4.87. The Labute approximate surface area is 242 Å². The summed E-state index contributed by atoms with van der Waals surface area (Å²) in [5.74, 6) is 1.42. The minimum Gasteiger partial charge on any atom is -0.490 e. The van der Waals surface area contributed by atoms with E-state index in [1.807, 2.05) is 11.9 Å². The Bertz CT molecular complexity index is 1660. The van der Waals surface area contributed by atoms with E-state index in [0.717, 1.165) is 25.7 Å². The number of methoxy groups -OCH3 is 1.